The summed E-state index contributed by atoms with van der Waals surface area (Å²) in [6.07, 6.45) is -3.26. The molecule has 0 radical (unpaired) electrons. The minimum absolute atomic E-state index is 0.311. The molecule has 0 unspecified atom stereocenters. The first kappa shape index (κ1) is 20.3. The predicted octanol–water partition coefficient (Wildman–Crippen LogP) is 6.07. The SMILES string of the molecule is COc1ccc2c(Nc3ccc(Oc4ccc(OC(F)(F)F)cc4)cc3)ncnc2c1. The zero-order valence-corrected chi connectivity index (χ0v) is 16.2. The fraction of sp³-hybridized carbons (Fsp3) is 0.0909. The van der Waals surface area contributed by atoms with E-state index in [2.05, 4.69) is 20.0 Å². The molecular formula is C22H16F3N3O3. The number of methoxy groups -OCH3 is 1. The van der Waals surface area contributed by atoms with Crippen LogP contribution in [0.5, 0.6) is 23.0 Å². The van der Waals surface area contributed by atoms with Crippen molar-refractivity contribution < 1.29 is 27.4 Å². The van der Waals surface area contributed by atoms with E-state index in [0.717, 1.165) is 16.6 Å². The predicted molar refractivity (Wildman–Crippen MR) is 109 cm³/mol. The maximum Gasteiger partial charge on any atom is 0.573 e. The third-order valence-corrected chi connectivity index (χ3v) is 4.25. The third-order valence-electron chi connectivity index (χ3n) is 4.25. The highest BCUT2D eigenvalue weighted by Crippen LogP contribution is 2.29. The van der Waals surface area contributed by atoms with Gasteiger partial charge in [-0.3, -0.25) is 0 Å². The second-order valence-electron chi connectivity index (χ2n) is 6.38. The number of alkyl halides is 3. The smallest absolute Gasteiger partial charge is 0.497 e. The molecule has 0 saturated carbocycles. The van der Waals surface area contributed by atoms with Crippen LogP contribution in [-0.2, 0) is 0 Å². The molecule has 0 aliphatic rings. The van der Waals surface area contributed by atoms with Gasteiger partial charge in [0, 0.05) is 17.1 Å². The highest BCUT2D eigenvalue weighted by molar-refractivity contribution is 5.91. The standard InChI is InChI=1S/C22H16F3N3O3/c1-29-18-10-11-19-20(12-18)26-13-27-21(19)28-14-2-4-15(5-3-14)30-16-6-8-17(9-7-16)31-22(23,24)25/h2-13H,1H3,(H,26,27,28). The fourth-order valence-corrected chi connectivity index (χ4v) is 2.85. The van der Waals surface area contributed by atoms with E-state index in [1.54, 1.807) is 31.4 Å². The zero-order chi connectivity index (χ0) is 21.8. The molecule has 4 rings (SSSR count). The van der Waals surface area contributed by atoms with E-state index in [9.17, 15) is 13.2 Å². The van der Waals surface area contributed by atoms with Crippen molar-refractivity contribution in [2.75, 3.05) is 12.4 Å². The van der Waals surface area contributed by atoms with Crippen molar-refractivity contribution >= 4 is 22.4 Å². The monoisotopic (exact) mass is 427 g/mol. The number of anilines is 2. The number of aromatic nitrogens is 2. The van der Waals surface area contributed by atoms with Gasteiger partial charge in [0.25, 0.3) is 0 Å². The van der Waals surface area contributed by atoms with E-state index in [4.69, 9.17) is 9.47 Å². The summed E-state index contributed by atoms with van der Waals surface area (Å²) in [5.41, 5.74) is 1.52. The quantitative estimate of drug-likeness (QED) is 0.403. The van der Waals surface area contributed by atoms with Gasteiger partial charge in [-0.2, -0.15) is 0 Å². The van der Waals surface area contributed by atoms with E-state index in [1.165, 1.54) is 30.6 Å². The molecule has 0 aliphatic heterocycles. The summed E-state index contributed by atoms with van der Waals surface area (Å²) in [6.45, 7) is 0. The van der Waals surface area contributed by atoms with Crippen LogP contribution < -0.4 is 19.5 Å². The van der Waals surface area contributed by atoms with Crippen molar-refractivity contribution in [1.82, 2.24) is 9.97 Å². The first-order valence-corrected chi connectivity index (χ1v) is 9.09. The van der Waals surface area contributed by atoms with E-state index in [-0.39, 0.29) is 5.75 Å². The largest absolute Gasteiger partial charge is 0.573 e. The van der Waals surface area contributed by atoms with Crippen LogP contribution in [-0.4, -0.2) is 23.4 Å². The number of halogens is 3. The Bertz CT molecular complexity index is 1180. The number of rotatable bonds is 6. The number of nitrogens with zero attached hydrogens (tertiary/aromatic N) is 2. The molecule has 0 bridgehead atoms. The average Bonchev–Trinajstić information content (AvgIpc) is 2.75. The van der Waals surface area contributed by atoms with Crippen LogP contribution in [0.25, 0.3) is 10.9 Å². The summed E-state index contributed by atoms with van der Waals surface area (Å²) in [5.74, 6) is 1.94. The molecule has 0 saturated heterocycles. The molecule has 0 amide bonds. The van der Waals surface area contributed by atoms with Crippen molar-refractivity contribution in [1.29, 1.82) is 0 Å². The molecule has 0 aliphatic carbocycles. The maximum atomic E-state index is 12.2. The molecule has 158 valence electrons. The van der Waals surface area contributed by atoms with E-state index in [0.29, 0.717) is 23.1 Å². The Morgan fingerprint density at radius 1 is 0.774 bits per heavy atom. The van der Waals surface area contributed by atoms with Gasteiger partial charge in [0.05, 0.1) is 12.6 Å². The number of nitrogens with one attached hydrogen (secondary N) is 1. The average molecular weight is 427 g/mol. The zero-order valence-electron chi connectivity index (χ0n) is 16.2. The molecule has 4 aromatic rings. The maximum absolute atomic E-state index is 12.2. The van der Waals surface area contributed by atoms with Gasteiger partial charge in [-0.1, -0.05) is 0 Å². The Balaban J connectivity index is 1.45. The van der Waals surface area contributed by atoms with Crippen molar-refractivity contribution in [2.45, 2.75) is 6.36 Å². The van der Waals surface area contributed by atoms with Crippen molar-refractivity contribution in [3.8, 4) is 23.0 Å². The Morgan fingerprint density at radius 2 is 1.39 bits per heavy atom. The van der Waals surface area contributed by atoms with Gasteiger partial charge in [-0.25, -0.2) is 9.97 Å². The molecule has 0 spiro atoms. The second-order valence-corrected chi connectivity index (χ2v) is 6.38. The Morgan fingerprint density at radius 3 is 2.03 bits per heavy atom. The first-order chi connectivity index (χ1) is 14.9. The van der Waals surface area contributed by atoms with Crippen molar-refractivity contribution in [3.63, 3.8) is 0 Å². The van der Waals surface area contributed by atoms with Gasteiger partial charge in [0.1, 0.15) is 35.1 Å². The molecule has 1 heterocycles. The highest BCUT2D eigenvalue weighted by atomic mass is 19.4. The molecule has 6 nitrogen and oxygen atoms in total. The first-order valence-electron chi connectivity index (χ1n) is 9.09. The van der Waals surface area contributed by atoms with Crippen LogP contribution in [0.2, 0.25) is 0 Å². The summed E-state index contributed by atoms with van der Waals surface area (Å²) in [6, 6.07) is 17.8. The van der Waals surface area contributed by atoms with Gasteiger partial charge in [-0.05, 0) is 60.7 Å². The summed E-state index contributed by atoms with van der Waals surface area (Å²) >= 11 is 0. The van der Waals surface area contributed by atoms with Crippen molar-refractivity contribution in [2.24, 2.45) is 0 Å². The fourth-order valence-electron chi connectivity index (χ4n) is 2.85. The Hall–Kier alpha value is -4.01. The van der Waals surface area contributed by atoms with Crippen molar-refractivity contribution in [3.05, 3.63) is 73.1 Å². The molecule has 0 atom stereocenters. The van der Waals surface area contributed by atoms with Gasteiger partial charge >= 0.3 is 6.36 Å². The molecule has 1 N–H and O–H groups in total. The molecule has 31 heavy (non-hydrogen) atoms. The summed E-state index contributed by atoms with van der Waals surface area (Å²) in [5, 5.41) is 4.07. The molecule has 0 fully saturated rings. The minimum Gasteiger partial charge on any atom is -0.497 e. The van der Waals surface area contributed by atoms with Crippen LogP contribution in [0.3, 0.4) is 0 Å². The number of hydrogen-bond donors (Lipinski definition) is 1. The molecular weight excluding hydrogens is 411 g/mol. The van der Waals surface area contributed by atoms with E-state index >= 15 is 0 Å². The third kappa shape index (κ3) is 5.13. The Labute approximate surface area is 175 Å². The lowest BCUT2D eigenvalue weighted by atomic mass is 10.2. The van der Waals surface area contributed by atoms with Crippen LogP contribution in [0.4, 0.5) is 24.7 Å². The highest BCUT2D eigenvalue weighted by Gasteiger charge is 2.30. The van der Waals surface area contributed by atoms with Crippen LogP contribution in [0, 0.1) is 0 Å². The summed E-state index contributed by atoms with van der Waals surface area (Å²) in [7, 11) is 1.59. The normalized spacial score (nSPS) is 11.2. The summed E-state index contributed by atoms with van der Waals surface area (Å²) < 4.78 is 51.4. The van der Waals surface area contributed by atoms with Crippen LogP contribution >= 0.6 is 0 Å². The number of ether oxygens (including phenoxy) is 3. The minimum atomic E-state index is -4.73. The van der Waals surface area contributed by atoms with Gasteiger partial charge < -0.3 is 19.5 Å². The molecule has 9 heteroatoms. The lowest BCUT2D eigenvalue weighted by molar-refractivity contribution is -0.274. The Kier molecular flexibility index (Phi) is 5.48. The van der Waals surface area contributed by atoms with Crippen LogP contribution in [0.1, 0.15) is 0 Å². The van der Waals surface area contributed by atoms with Crippen LogP contribution in [0.15, 0.2) is 73.1 Å². The lowest BCUT2D eigenvalue weighted by Gasteiger charge is -2.11. The van der Waals surface area contributed by atoms with E-state index in [1.807, 2.05) is 18.2 Å². The second kappa shape index (κ2) is 8.39. The van der Waals surface area contributed by atoms with Gasteiger partial charge in [0.15, 0.2) is 0 Å². The van der Waals surface area contributed by atoms with Gasteiger partial charge in [-0.15, -0.1) is 13.2 Å². The summed E-state index contributed by atoms with van der Waals surface area (Å²) in [4.78, 5) is 8.55. The number of benzene rings is 3. The number of hydrogen-bond acceptors (Lipinski definition) is 6. The van der Waals surface area contributed by atoms with Gasteiger partial charge in [0.2, 0.25) is 0 Å². The molecule has 3 aromatic carbocycles. The lowest BCUT2D eigenvalue weighted by Crippen LogP contribution is -2.16. The molecule has 1 aromatic heterocycles. The number of fused-ring (bicyclic) bond motifs is 1. The van der Waals surface area contributed by atoms with E-state index < -0.39 is 6.36 Å². The topological polar surface area (TPSA) is 65.5 Å².